The molecule has 0 atom stereocenters. The lowest BCUT2D eigenvalue weighted by atomic mass is 9.85. The van der Waals surface area contributed by atoms with Crippen LogP contribution in [-0.2, 0) is 0 Å². The summed E-state index contributed by atoms with van der Waals surface area (Å²) >= 11 is 0. The largest absolute Gasteiger partial charge is 0.454 e. The molecule has 128 valence electrons. The van der Waals surface area contributed by atoms with Crippen molar-refractivity contribution >= 4 is 0 Å². The number of hydrogen-bond donors (Lipinski definition) is 0. The van der Waals surface area contributed by atoms with E-state index in [0.29, 0.717) is 6.07 Å². The molecular weight excluding hydrogens is 348 g/mol. The molecule has 0 aromatic heterocycles. The zero-order valence-electron chi connectivity index (χ0n) is 10.6. The fourth-order valence-electron chi connectivity index (χ4n) is 1.76. The van der Waals surface area contributed by atoms with Crippen molar-refractivity contribution in [3.8, 4) is 6.07 Å². The van der Waals surface area contributed by atoms with Crippen molar-refractivity contribution in [3.05, 3.63) is 35.4 Å². The van der Waals surface area contributed by atoms with Crippen LogP contribution in [0.15, 0.2) is 24.3 Å². The van der Waals surface area contributed by atoms with Crippen LogP contribution in [-0.4, -0.2) is 24.2 Å². The van der Waals surface area contributed by atoms with Crippen LogP contribution in [0.4, 0.5) is 43.9 Å². The molecule has 0 fully saturated rings. The minimum atomic E-state index is -6.66. The number of nitriles is 1. The van der Waals surface area contributed by atoms with Gasteiger partial charge in [0.2, 0.25) is 0 Å². The molecule has 0 amide bonds. The fraction of sp³-hybridized carbons (Fsp3) is 0.417. The molecular formula is C12H5F10N. The maximum Gasteiger partial charge on any atom is 0.454 e. The predicted molar refractivity (Wildman–Crippen MR) is 55.9 cm³/mol. The van der Waals surface area contributed by atoms with Crippen molar-refractivity contribution in [1.29, 1.82) is 5.26 Å². The Balaban J connectivity index is 3.66. The van der Waals surface area contributed by atoms with Gasteiger partial charge in [0.1, 0.15) is 5.92 Å². The SMILES string of the molecule is N#Cc1cccc(C(C(F)(F)C(F)(F)F)C(F)(F)C(F)(F)F)c1. The molecule has 0 heterocycles. The van der Waals surface area contributed by atoms with Gasteiger partial charge in [-0.1, -0.05) is 12.1 Å². The van der Waals surface area contributed by atoms with Gasteiger partial charge in [0.15, 0.2) is 0 Å². The quantitative estimate of drug-likeness (QED) is 0.699. The van der Waals surface area contributed by atoms with Gasteiger partial charge in [-0.2, -0.15) is 49.2 Å². The summed E-state index contributed by atoms with van der Waals surface area (Å²) in [5.74, 6) is -17.3. The molecule has 1 aromatic carbocycles. The Labute approximate surface area is 122 Å². The summed E-state index contributed by atoms with van der Waals surface area (Å²) in [6.07, 6.45) is -13.3. The van der Waals surface area contributed by atoms with Gasteiger partial charge in [-0.05, 0) is 17.7 Å². The van der Waals surface area contributed by atoms with Crippen LogP contribution in [0.3, 0.4) is 0 Å². The topological polar surface area (TPSA) is 23.8 Å². The molecule has 0 N–H and O–H groups in total. The Bertz CT molecular complexity index is 581. The Morgan fingerprint density at radius 2 is 1.22 bits per heavy atom. The van der Waals surface area contributed by atoms with Crippen LogP contribution in [0.1, 0.15) is 17.0 Å². The molecule has 1 aromatic rings. The van der Waals surface area contributed by atoms with Crippen molar-refractivity contribution in [3.63, 3.8) is 0 Å². The Kier molecular flexibility index (Phi) is 4.62. The lowest BCUT2D eigenvalue weighted by Crippen LogP contribution is -2.54. The van der Waals surface area contributed by atoms with E-state index in [0.717, 1.165) is 6.07 Å². The monoisotopic (exact) mass is 353 g/mol. The van der Waals surface area contributed by atoms with Crippen molar-refractivity contribution < 1.29 is 43.9 Å². The summed E-state index contributed by atoms with van der Waals surface area (Å²) in [6, 6.07) is 3.09. The van der Waals surface area contributed by atoms with Gasteiger partial charge < -0.3 is 0 Å². The predicted octanol–water partition coefficient (Wildman–Crippen LogP) is 5.04. The summed E-state index contributed by atoms with van der Waals surface area (Å²) < 4.78 is 128. The van der Waals surface area contributed by atoms with Gasteiger partial charge in [-0.15, -0.1) is 0 Å². The lowest BCUT2D eigenvalue weighted by molar-refractivity contribution is -0.354. The highest BCUT2D eigenvalue weighted by atomic mass is 19.4. The molecule has 1 nitrogen and oxygen atoms in total. The second-order valence-electron chi connectivity index (χ2n) is 4.41. The minimum Gasteiger partial charge on any atom is -0.195 e. The maximum atomic E-state index is 13.4. The first-order valence-corrected chi connectivity index (χ1v) is 5.55. The van der Waals surface area contributed by atoms with E-state index in [1.165, 1.54) is 6.07 Å². The number of alkyl halides is 10. The molecule has 0 unspecified atom stereocenters. The summed E-state index contributed by atoms with van der Waals surface area (Å²) in [6.45, 7) is 0. The fourth-order valence-corrected chi connectivity index (χ4v) is 1.76. The zero-order chi connectivity index (χ0) is 18.3. The highest BCUT2D eigenvalue weighted by molar-refractivity contribution is 5.37. The summed E-state index contributed by atoms with van der Waals surface area (Å²) in [4.78, 5) is 0. The number of nitrogens with zero attached hydrogens (tertiary/aromatic N) is 1. The standard InChI is InChI=1S/C12H5F10N/c13-9(14,11(17,18)19)8(10(15,16)12(20,21)22)7-3-1-2-6(4-7)5-23/h1-4,8H. The van der Waals surface area contributed by atoms with Crippen LogP contribution in [0.2, 0.25) is 0 Å². The van der Waals surface area contributed by atoms with Crippen LogP contribution in [0.25, 0.3) is 0 Å². The molecule has 1 rings (SSSR count). The smallest absolute Gasteiger partial charge is 0.195 e. The molecule has 0 aliphatic rings. The molecule has 0 aliphatic heterocycles. The summed E-state index contributed by atoms with van der Waals surface area (Å²) in [5, 5.41) is 8.50. The van der Waals surface area contributed by atoms with E-state index in [1.807, 2.05) is 0 Å². The molecule has 23 heavy (non-hydrogen) atoms. The highest BCUT2D eigenvalue weighted by Gasteiger charge is 2.76. The third kappa shape index (κ3) is 3.35. The molecule has 0 saturated heterocycles. The molecule has 0 radical (unpaired) electrons. The lowest BCUT2D eigenvalue weighted by Gasteiger charge is -2.35. The van der Waals surface area contributed by atoms with E-state index in [2.05, 4.69) is 0 Å². The van der Waals surface area contributed by atoms with Crippen molar-refractivity contribution in [2.45, 2.75) is 30.1 Å². The van der Waals surface area contributed by atoms with Crippen molar-refractivity contribution in [2.75, 3.05) is 0 Å². The maximum absolute atomic E-state index is 13.4. The van der Waals surface area contributed by atoms with Crippen molar-refractivity contribution in [1.82, 2.24) is 0 Å². The molecule has 11 heteroatoms. The van der Waals surface area contributed by atoms with E-state index >= 15 is 0 Å². The van der Waals surface area contributed by atoms with Gasteiger partial charge in [-0.25, -0.2) is 0 Å². The first kappa shape index (κ1) is 19.1. The normalized spacial score (nSPS) is 14.0. The number of rotatable bonds is 3. The van der Waals surface area contributed by atoms with Crippen LogP contribution in [0, 0.1) is 11.3 Å². The van der Waals surface area contributed by atoms with Crippen molar-refractivity contribution in [2.24, 2.45) is 0 Å². The molecule has 0 bridgehead atoms. The minimum absolute atomic E-state index is 0.129. The van der Waals surface area contributed by atoms with Crippen LogP contribution in [0.5, 0.6) is 0 Å². The Morgan fingerprint density at radius 1 is 0.783 bits per heavy atom. The summed E-state index contributed by atoms with van der Waals surface area (Å²) in [5.41, 5.74) is -2.31. The average molecular weight is 353 g/mol. The van der Waals surface area contributed by atoms with E-state index in [1.54, 1.807) is 0 Å². The zero-order valence-corrected chi connectivity index (χ0v) is 10.6. The first-order valence-electron chi connectivity index (χ1n) is 5.55. The van der Waals surface area contributed by atoms with E-state index in [9.17, 15) is 43.9 Å². The van der Waals surface area contributed by atoms with Gasteiger partial charge in [-0.3, -0.25) is 0 Å². The second-order valence-corrected chi connectivity index (χ2v) is 4.41. The third-order valence-electron chi connectivity index (χ3n) is 2.83. The van der Waals surface area contributed by atoms with Crippen LogP contribution >= 0.6 is 0 Å². The summed E-state index contributed by atoms with van der Waals surface area (Å²) in [7, 11) is 0. The van der Waals surface area contributed by atoms with Gasteiger partial charge >= 0.3 is 24.2 Å². The van der Waals surface area contributed by atoms with E-state index < -0.39 is 41.2 Å². The molecule has 0 spiro atoms. The number of halogens is 10. The Hall–Kier alpha value is -1.99. The first-order chi connectivity index (χ1) is 10.2. The molecule has 0 saturated carbocycles. The van der Waals surface area contributed by atoms with E-state index in [4.69, 9.17) is 5.26 Å². The van der Waals surface area contributed by atoms with Gasteiger partial charge in [0.05, 0.1) is 11.6 Å². The third-order valence-corrected chi connectivity index (χ3v) is 2.83. The molecule has 0 aliphatic carbocycles. The number of benzene rings is 1. The number of hydrogen-bond acceptors (Lipinski definition) is 1. The van der Waals surface area contributed by atoms with Gasteiger partial charge in [0.25, 0.3) is 0 Å². The Morgan fingerprint density at radius 3 is 1.57 bits per heavy atom. The second kappa shape index (κ2) is 5.58. The van der Waals surface area contributed by atoms with Gasteiger partial charge in [0, 0.05) is 0 Å². The van der Waals surface area contributed by atoms with Crippen LogP contribution < -0.4 is 0 Å². The van der Waals surface area contributed by atoms with E-state index in [-0.39, 0.29) is 12.1 Å². The highest BCUT2D eigenvalue weighted by Crippen LogP contribution is 2.56. The average Bonchev–Trinajstić information content (AvgIpc) is 2.35.